The van der Waals surface area contributed by atoms with Gasteiger partial charge in [0.05, 0.1) is 34.2 Å². The Hall–Kier alpha value is -2.81. The van der Waals surface area contributed by atoms with Crippen molar-refractivity contribution in [1.29, 1.82) is 0 Å². The Morgan fingerprint density at radius 3 is 2.35 bits per heavy atom. The van der Waals surface area contributed by atoms with Crippen molar-refractivity contribution < 1.29 is 22.3 Å². The van der Waals surface area contributed by atoms with E-state index in [0.717, 1.165) is 24.3 Å². The molecule has 0 aliphatic rings. The maximum atomic E-state index is 13.1. The number of nitrogens with one attached hydrogen (secondary N) is 2. The summed E-state index contributed by atoms with van der Waals surface area (Å²) in [6, 6.07) is 13.8. The van der Waals surface area contributed by atoms with E-state index in [9.17, 15) is 17.6 Å². The summed E-state index contributed by atoms with van der Waals surface area (Å²) in [5.74, 6) is -0.646. The first-order chi connectivity index (χ1) is 14.7. The molecule has 3 aromatic rings. The first kappa shape index (κ1) is 22.9. The standard InChI is InChI=1S/C21H17Cl2FN2O4S/c1-30-20-9-5-15(25-21(27)11-13-2-8-17(22)18(23)10-13)12-19(20)26-31(28,29)16-6-3-14(24)4-7-16/h2-10,12,26H,11H2,1H3,(H,25,27). The van der Waals surface area contributed by atoms with E-state index in [1.165, 1.54) is 19.2 Å². The van der Waals surface area contributed by atoms with Gasteiger partial charge in [0, 0.05) is 5.69 Å². The average Bonchev–Trinajstić information content (AvgIpc) is 2.71. The van der Waals surface area contributed by atoms with Gasteiger partial charge < -0.3 is 10.1 Å². The number of hydrogen-bond acceptors (Lipinski definition) is 4. The summed E-state index contributed by atoms with van der Waals surface area (Å²) >= 11 is 11.8. The lowest BCUT2D eigenvalue weighted by atomic mass is 10.1. The molecule has 0 spiro atoms. The van der Waals surface area contributed by atoms with Crippen molar-refractivity contribution in [2.24, 2.45) is 0 Å². The number of ether oxygens (including phenoxy) is 1. The van der Waals surface area contributed by atoms with Gasteiger partial charge in [-0.25, -0.2) is 12.8 Å². The molecule has 31 heavy (non-hydrogen) atoms. The second-order valence-electron chi connectivity index (χ2n) is 6.45. The van der Waals surface area contributed by atoms with E-state index in [2.05, 4.69) is 10.0 Å². The van der Waals surface area contributed by atoms with Crippen LogP contribution >= 0.6 is 23.2 Å². The fourth-order valence-electron chi connectivity index (χ4n) is 2.72. The van der Waals surface area contributed by atoms with Crippen LogP contribution in [0.15, 0.2) is 65.6 Å². The SMILES string of the molecule is COc1ccc(NC(=O)Cc2ccc(Cl)c(Cl)c2)cc1NS(=O)(=O)c1ccc(F)cc1. The molecule has 1 amide bonds. The summed E-state index contributed by atoms with van der Waals surface area (Å²) in [4.78, 5) is 12.3. The lowest BCUT2D eigenvalue weighted by Gasteiger charge is -2.14. The molecule has 6 nitrogen and oxygen atoms in total. The Kier molecular flexibility index (Phi) is 7.04. The highest BCUT2D eigenvalue weighted by Crippen LogP contribution is 2.30. The number of rotatable bonds is 7. The van der Waals surface area contributed by atoms with Gasteiger partial charge in [-0.2, -0.15) is 0 Å². The predicted molar refractivity (Wildman–Crippen MR) is 119 cm³/mol. The summed E-state index contributed by atoms with van der Waals surface area (Å²) in [6.45, 7) is 0. The van der Waals surface area contributed by atoms with E-state index in [0.29, 0.717) is 21.3 Å². The number of methoxy groups -OCH3 is 1. The fraction of sp³-hybridized carbons (Fsp3) is 0.0952. The van der Waals surface area contributed by atoms with E-state index < -0.39 is 15.8 Å². The first-order valence-corrected chi connectivity index (χ1v) is 11.1. The van der Waals surface area contributed by atoms with Crippen molar-refractivity contribution in [3.05, 3.63) is 82.1 Å². The lowest BCUT2D eigenvalue weighted by molar-refractivity contribution is -0.115. The maximum absolute atomic E-state index is 13.1. The third kappa shape index (κ3) is 5.88. The van der Waals surface area contributed by atoms with Crippen molar-refractivity contribution in [3.8, 4) is 5.75 Å². The van der Waals surface area contributed by atoms with Gasteiger partial charge in [-0.3, -0.25) is 9.52 Å². The molecule has 0 atom stereocenters. The molecule has 0 aromatic heterocycles. The Balaban J connectivity index is 1.79. The minimum atomic E-state index is -4.00. The second-order valence-corrected chi connectivity index (χ2v) is 8.94. The molecule has 0 fully saturated rings. The fourth-order valence-corrected chi connectivity index (χ4v) is 4.11. The van der Waals surface area contributed by atoms with Gasteiger partial charge in [0.25, 0.3) is 10.0 Å². The van der Waals surface area contributed by atoms with E-state index in [1.807, 2.05) is 0 Å². The second kappa shape index (κ2) is 9.55. The summed E-state index contributed by atoms with van der Waals surface area (Å²) in [7, 11) is -2.62. The van der Waals surface area contributed by atoms with Crippen LogP contribution in [0.5, 0.6) is 5.75 Å². The molecule has 3 rings (SSSR count). The number of anilines is 2. The third-order valence-corrected chi connectivity index (χ3v) is 6.32. The minimum absolute atomic E-state index is 0.0412. The molecule has 0 saturated heterocycles. The van der Waals surface area contributed by atoms with E-state index >= 15 is 0 Å². The number of amides is 1. The smallest absolute Gasteiger partial charge is 0.262 e. The number of halogens is 3. The molecule has 10 heteroatoms. The molecular formula is C21H17Cl2FN2O4S. The Morgan fingerprint density at radius 1 is 1.00 bits per heavy atom. The molecular weight excluding hydrogens is 466 g/mol. The molecule has 2 N–H and O–H groups in total. The summed E-state index contributed by atoms with van der Waals surface area (Å²) in [5.41, 5.74) is 1.12. The number of benzene rings is 3. The van der Waals surface area contributed by atoms with Gasteiger partial charge in [0.15, 0.2) is 0 Å². The van der Waals surface area contributed by atoms with Crippen LogP contribution in [0, 0.1) is 5.82 Å². The molecule has 0 aliphatic heterocycles. The average molecular weight is 483 g/mol. The van der Waals surface area contributed by atoms with Gasteiger partial charge in [-0.15, -0.1) is 0 Å². The van der Waals surface area contributed by atoms with Crippen LogP contribution in [0.4, 0.5) is 15.8 Å². The van der Waals surface area contributed by atoms with Crippen LogP contribution in [-0.4, -0.2) is 21.4 Å². The number of sulfonamides is 1. The van der Waals surface area contributed by atoms with E-state index in [4.69, 9.17) is 27.9 Å². The first-order valence-electron chi connectivity index (χ1n) is 8.88. The number of hydrogen-bond donors (Lipinski definition) is 2. The molecule has 0 bridgehead atoms. The van der Waals surface area contributed by atoms with Crippen molar-refractivity contribution >= 4 is 50.5 Å². The van der Waals surface area contributed by atoms with Crippen LogP contribution in [0.25, 0.3) is 0 Å². The van der Waals surface area contributed by atoms with Crippen molar-refractivity contribution in [2.45, 2.75) is 11.3 Å². The topological polar surface area (TPSA) is 84.5 Å². The summed E-state index contributed by atoms with van der Waals surface area (Å²) < 4.78 is 45.9. The monoisotopic (exact) mass is 482 g/mol. The lowest BCUT2D eigenvalue weighted by Crippen LogP contribution is -2.16. The molecule has 0 saturated carbocycles. The minimum Gasteiger partial charge on any atom is -0.495 e. The van der Waals surface area contributed by atoms with Gasteiger partial charge in [-0.05, 0) is 60.2 Å². The Bertz CT molecular complexity index is 1220. The summed E-state index contributed by atoms with van der Waals surface area (Å²) in [5, 5.41) is 3.42. The highest BCUT2D eigenvalue weighted by atomic mass is 35.5. The summed E-state index contributed by atoms with van der Waals surface area (Å²) in [6.07, 6.45) is 0.0412. The molecule has 0 heterocycles. The largest absolute Gasteiger partial charge is 0.495 e. The zero-order valence-corrected chi connectivity index (χ0v) is 18.5. The van der Waals surface area contributed by atoms with Gasteiger partial charge >= 0.3 is 0 Å². The molecule has 162 valence electrons. The normalized spacial score (nSPS) is 11.1. The van der Waals surface area contributed by atoms with E-state index in [-0.39, 0.29) is 28.7 Å². The highest BCUT2D eigenvalue weighted by molar-refractivity contribution is 7.92. The van der Waals surface area contributed by atoms with Crippen molar-refractivity contribution in [1.82, 2.24) is 0 Å². The zero-order chi connectivity index (χ0) is 22.6. The maximum Gasteiger partial charge on any atom is 0.262 e. The third-order valence-electron chi connectivity index (χ3n) is 4.20. The van der Waals surface area contributed by atoms with Crippen LogP contribution < -0.4 is 14.8 Å². The van der Waals surface area contributed by atoms with Crippen LogP contribution in [0.1, 0.15) is 5.56 Å². The quantitative estimate of drug-likeness (QED) is 0.489. The number of carbonyl (C=O) groups excluding carboxylic acids is 1. The molecule has 0 radical (unpaired) electrons. The van der Waals surface area contributed by atoms with Crippen molar-refractivity contribution in [2.75, 3.05) is 17.1 Å². The zero-order valence-electron chi connectivity index (χ0n) is 16.2. The van der Waals surface area contributed by atoms with Crippen LogP contribution in [-0.2, 0) is 21.2 Å². The van der Waals surface area contributed by atoms with Gasteiger partial charge in [0.2, 0.25) is 5.91 Å². The van der Waals surface area contributed by atoms with Crippen LogP contribution in [0.3, 0.4) is 0 Å². The molecule has 0 unspecified atom stereocenters. The van der Waals surface area contributed by atoms with Crippen molar-refractivity contribution in [3.63, 3.8) is 0 Å². The van der Waals surface area contributed by atoms with Gasteiger partial charge in [-0.1, -0.05) is 29.3 Å². The highest BCUT2D eigenvalue weighted by Gasteiger charge is 2.17. The molecule has 3 aromatic carbocycles. The molecule has 0 aliphatic carbocycles. The Morgan fingerprint density at radius 2 is 1.71 bits per heavy atom. The van der Waals surface area contributed by atoms with Crippen LogP contribution in [0.2, 0.25) is 10.0 Å². The van der Waals surface area contributed by atoms with E-state index in [1.54, 1.807) is 24.3 Å². The predicted octanol–water partition coefficient (Wildman–Crippen LogP) is 5.12. The van der Waals surface area contributed by atoms with Gasteiger partial charge in [0.1, 0.15) is 11.6 Å². The Labute approximate surface area is 189 Å². The number of carbonyl (C=O) groups is 1.